The Morgan fingerprint density at radius 1 is 0.480 bits per heavy atom. The Balaban J connectivity index is 0.000000428. The number of amides is 6. The summed E-state index contributed by atoms with van der Waals surface area (Å²) in [5, 5.41) is 50.7. The van der Waals surface area contributed by atoms with Crippen LogP contribution in [0.2, 0.25) is 0 Å². The molecule has 9 rings (SSSR count). The second kappa shape index (κ2) is 34.8. The van der Waals surface area contributed by atoms with Crippen molar-refractivity contribution in [3.05, 3.63) is 235 Å². The number of benzene rings is 8. The lowest BCUT2D eigenvalue weighted by Gasteiger charge is -2.43. The maximum Gasteiger partial charge on any atom is 0.411 e. The largest absolute Gasteiger partial charge is 0.447 e. The summed E-state index contributed by atoms with van der Waals surface area (Å²) < 4.78 is 10.9. The van der Waals surface area contributed by atoms with Crippen LogP contribution in [0.5, 0.6) is 0 Å². The minimum Gasteiger partial charge on any atom is -0.447 e. The highest BCUT2D eigenvalue weighted by atomic mass is 16.6. The fourth-order valence-corrected chi connectivity index (χ4v) is 11.0. The summed E-state index contributed by atoms with van der Waals surface area (Å²) in [4.78, 5) is 79.9. The molecular weight excluding hydrogens is 1240 g/mol. The molecule has 0 aromatic heterocycles. The molecule has 1 heterocycles. The number of methoxy groups -OCH3 is 1. The highest BCUT2D eigenvalue weighted by molar-refractivity contribution is 5.92. The number of carbonyl (C=O) groups excluding carboxylic acids is 4. The van der Waals surface area contributed by atoms with Crippen LogP contribution in [0.1, 0.15) is 79.1 Å². The van der Waals surface area contributed by atoms with Crippen molar-refractivity contribution in [3.8, 4) is 0 Å². The highest BCUT2D eigenvalue weighted by Gasteiger charge is 2.35. The van der Waals surface area contributed by atoms with Gasteiger partial charge < -0.3 is 45.0 Å². The summed E-state index contributed by atoms with van der Waals surface area (Å²) >= 11 is 0. The maximum atomic E-state index is 13.5. The molecule has 0 saturated carbocycles. The third kappa shape index (κ3) is 20.8. The summed E-state index contributed by atoms with van der Waals surface area (Å²) in [6.07, 6.45) is 0.770. The zero-order valence-corrected chi connectivity index (χ0v) is 56.9. The summed E-state index contributed by atoms with van der Waals surface area (Å²) in [5.41, 5.74) is 15.0. The zero-order chi connectivity index (χ0) is 70.4. The molecule has 24 nitrogen and oxygen atoms in total. The third-order valence-corrected chi connectivity index (χ3v) is 16.5. The van der Waals surface area contributed by atoms with Crippen molar-refractivity contribution in [2.24, 2.45) is 20.5 Å². The number of piperazine rings is 1. The van der Waals surface area contributed by atoms with Crippen LogP contribution in [0.3, 0.4) is 0 Å². The summed E-state index contributed by atoms with van der Waals surface area (Å²) in [7, 11) is 1.63. The van der Waals surface area contributed by atoms with E-state index in [4.69, 9.17) is 9.47 Å². The van der Waals surface area contributed by atoms with Gasteiger partial charge in [-0.1, -0.05) is 48.5 Å². The molecule has 0 spiro atoms. The molecule has 1 fully saturated rings. The van der Waals surface area contributed by atoms with Gasteiger partial charge in [0.1, 0.15) is 6.61 Å². The quantitative estimate of drug-likeness (QED) is 0.0250. The van der Waals surface area contributed by atoms with Crippen molar-refractivity contribution in [1.82, 2.24) is 9.80 Å². The number of rotatable bonds is 24. The number of aryl methyl sites for hydroxylation is 4. The molecule has 1 saturated heterocycles. The van der Waals surface area contributed by atoms with Crippen molar-refractivity contribution < 1.29 is 38.5 Å². The summed E-state index contributed by atoms with van der Waals surface area (Å²) in [5.74, 6) is -0.112. The van der Waals surface area contributed by atoms with Crippen LogP contribution < -0.4 is 31.1 Å². The first-order valence-corrected chi connectivity index (χ1v) is 32.3. The number of ether oxygens (including phenoxy) is 2. The topological polar surface area (TPSA) is 284 Å². The Bertz CT molecular complexity index is 4150. The van der Waals surface area contributed by atoms with Gasteiger partial charge in [-0.15, -0.1) is 0 Å². The van der Waals surface area contributed by atoms with Crippen LogP contribution in [0.25, 0.3) is 0 Å². The van der Waals surface area contributed by atoms with Gasteiger partial charge in [0.2, 0.25) is 5.91 Å². The lowest BCUT2D eigenvalue weighted by atomic mass is 10.0. The van der Waals surface area contributed by atoms with E-state index in [-0.39, 0.29) is 48.0 Å². The van der Waals surface area contributed by atoms with Gasteiger partial charge in [0.15, 0.2) is 0 Å². The van der Waals surface area contributed by atoms with E-state index in [0.717, 1.165) is 69.1 Å². The van der Waals surface area contributed by atoms with E-state index in [1.165, 1.54) is 36.9 Å². The third-order valence-electron chi connectivity index (χ3n) is 16.5. The molecule has 0 aliphatic carbocycles. The van der Waals surface area contributed by atoms with Crippen LogP contribution in [-0.2, 0) is 27.1 Å². The van der Waals surface area contributed by atoms with E-state index in [9.17, 15) is 39.4 Å². The summed E-state index contributed by atoms with van der Waals surface area (Å²) in [6.45, 7) is 21.3. The fraction of sp³-hybridized carbons (Fsp3) is 0.297. The van der Waals surface area contributed by atoms with Crippen LogP contribution in [0.15, 0.2) is 190 Å². The number of non-ortho nitro benzene ring substituents is 2. The van der Waals surface area contributed by atoms with Crippen LogP contribution in [0.4, 0.5) is 82.6 Å². The predicted molar refractivity (Wildman–Crippen MR) is 385 cm³/mol. The average molecular weight is 1330 g/mol. The monoisotopic (exact) mass is 1330 g/mol. The van der Waals surface area contributed by atoms with Gasteiger partial charge in [-0.25, -0.2) is 14.4 Å². The molecule has 8 aromatic carbocycles. The van der Waals surface area contributed by atoms with Crippen LogP contribution in [-0.4, -0.2) is 115 Å². The zero-order valence-electron chi connectivity index (χ0n) is 56.9. The van der Waals surface area contributed by atoms with Crippen molar-refractivity contribution in [1.29, 1.82) is 0 Å². The minimum absolute atomic E-state index is 0.00205. The number of nitro groups is 2. The van der Waals surface area contributed by atoms with E-state index in [1.54, 1.807) is 42.9 Å². The van der Waals surface area contributed by atoms with Crippen molar-refractivity contribution in [3.63, 3.8) is 0 Å². The normalized spacial score (nSPS) is 13.5. The Labute approximate surface area is 571 Å². The van der Waals surface area contributed by atoms with Gasteiger partial charge in [0, 0.05) is 117 Å². The van der Waals surface area contributed by atoms with Gasteiger partial charge in [0.05, 0.1) is 45.7 Å². The number of azo groups is 2. The van der Waals surface area contributed by atoms with Gasteiger partial charge in [0.25, 0.3) is 11.4 Å². The molecule has 6 amide bonds. The number of nitrogens with one attached hydrogen (secondary N) is 4. The Hall–Kier alpha value is -11.4. The molecule has 4 N–H and O–H groups in total. The molecule has 1 aliphatic rings. The first-order valence-electron chi connectivity index (χ1n) is 32.3. The van der Waals surface area contributed by atoms with Gasteiger partial charge in [-0.05, 0) is 210 Å². The Morgan fingerprint density at radius 3 is 1.15 bits per heavy atom. The molecule has 8 aromatic rings. The number of nitro benzene ring substituents is 2. The van der Waals surface area contributed by atoms with E-state index in [1.807, 2.05) is 155 Å². The lowest BCUT2D eigenvalue weighted by molar-refractivity contribution is -0.385. The van der Waals surface area contributed by atoms with Crippen molar-refractivity contribution in [2.45, 2.75) is 87.2 Å². The molecular formula is C74H84N14O10. The van der Waals surface area contributed by atoms with Gasteiger partial charge in [-0.3, -0.25) is 30.3 Å². The standard InChI is InChI=1S/C56H62N10O8.C18H22N4O2/c1-37-31-50(23-25-52(37)61-62-53-26-24-51(66(71)72)32-38(53)2)63(27-29-73-6)28-30-74-56(70)60-49-21-13-45(14-22-49)34-44-11-19-48(20-12-44)59-55(69)65-36-39(3)64(35-40(65)4)54(68)58-47-17-9-43(10-18-47)33-42-7-15-46(16-8-42)57-41(5)67;1-5-21(6-2)15-7-9-17(13(3)11-15)19-20-18-10-8-16(22(23)24)12-14(18)4/h7-26,31-32,39-40H,27-30,33-36H2,1-6H3,(H,57,67)(H,58,68)(H,59,69)(H,60,70);7-12H,5-6H2,1-4H3. The van der Waals surface area contributed by atoms with Crippen LogP contribution >= 0.6 is 0 Å². The number of hydrogen-bond donors (Lipinski definition) is 4. The second-order valence-electron chi connectivity index (χ2n) is 23.9. The smallest absolute Gasteiger partial charge is 0.411 e. The van der Waals surface area contributed by atoms with E-state index in [2.05, 4.69) is 71.4 Å². The van der Waals surface area contributed by atoms with Gasteiger partial charge in [-0.2, -0.15) is 20.5 Å². The fourth-order valence-electron chi connectivity index (χ4n) is 11.0. The number of nitrogens with zero attached hydrogens (tertiary/aromatic N) is 10. The van der Waals surface area contributed by atoms with Crippen LogP contribution in [0, 0.1) is 47.9 Å². The van der Waals surface area contributed by atoms with Crippen molar-refractivity contribution >= 4 is 92.3 Å². The average Bonchev–Trinajstić information content (AvgIpc) is 0.819. The molecule has 2 atom stereocenters. The van der Waals surface area contributed by atoms with E-state index in [0.29, 0.717) is 85.3 Å². The molecule has 0 bridgehead atoms. The molecule has 24 heteroatoms. The Kier molecular flexibility index (Phi) is 25.8. The number of hydrogen-bond acceptors (Lipinski definition) is 16. The van der Waals surface area contributed by atoms with E-state index >= 15 is 0 Å². The summed E-state index contributed by atoms with van der Waals surface area (Å²) in [6, 6.07) is 50.6. The molecule has 510 valence electrons. The second-order valence-corrected chi connectivity index (χ2v) is 23.9. The SMILES string of the molecule is CCN(CC)c1ccc(N=Nc2ccc([N+](=O)[O-])cc2C)c(C)c1.COCCN(CCOC(=O)Nc1ccc(Cc2ccc(NC(=O)N3CC(C)N(C(=O)Nc4ccc(Cc5ccc(NC(C)=O)cc5)cc4)CC3C)cc2)cc1)c1ccc(N=Nc2ccc([N+](=O)[O-])cc2C)c(C)c1. The molecule has 0 radical (unpaired) electrons. The van der Waals surface area contributed by atoms with Crippen molar-refractivity contribution in [2.75, 3.05) is 90.7 Å². The lowest BCUT2D eigenvalue weighted by Crippen LogP contribution is -2.61. The number of urea groups is 2. The first-order chi connectivity index (χ1) is 47.1. The molecule has 1 aliphatic heterocycles. The highest BCUT2D eigenvalue weighted by Crippen LogP contribution is 2.32. The number of carbonyl (C=O) groups is 4. The van der Waals surface area contributed by atoms with E-state index < -0.39 is 15.9 Å². The number of anilines is 6. The van der Waals surface area contributed by atoms with Gasteiger partial charge >= 0.3 is 18.2 Å². The predicted octanol–water partition coefficient (Wildman–Crippen LogP) is 17.1. The first kappa shape index (κ1) is 72.4. The maximum absolute atomic E-state index is 13.5. The Morgan fingerprint density at radius 2 is 0.816 bits per heavy atom. The molecule has 2 unspecified atom stereocenters. The molecule has 98 heavy (non-hydrogen) atoms. The minimum atomic E-state index is -0.577.